The molecule has 3 heterocycles. The molecule has 1 saturated heterocycles. The maximum atomic E-state index is 13.3. The number of nitrogens with zero attached hydrogens (tertiary/aromatic N) is 2. The summed E-state index contributed by atoms with van der Waals surface area (Å²) in [5, 5.41) is 0.638. The number of rotatable bonds is 2. The summed E-state index contributed by atoms with van der Waals surface area (Å²) >= 11 is 0. The maximum Gasteiger partial charge on any atom is 0.294 e. The molecular formula is C15H12BF2N3O2. The second kappa shape index (κ2) is 4.89. The van der Waals surface area contributed by atoms with Crippen molar-refractivity contribution in [2.24, 2.45) is 0 Å². The van der Waals surface area contributed by atoms with E-state index in [4.69, 9.17) is 12.3 Å². The van der Waals surface area contributed by atoms with Crippen molar-refractivity contribution in [2.75, 3.05) is 13.1 Å². The lowest BCUT2D eigenvalue weighted by molar-refractivity contribution is 0.0113. The summed E-state index contributed by atoms with van der Waals surface area (Å²) in [6, 6.07) is 5.03. The molecule has 4 rings (SSSR count). The molecule has 1 aromatic carbocycles. The molecule has 0 aliphatic carbocycles. The number of H-pyrrole nitrogens is 1. The molecule has 0 amide bonds. The number of likely N-dealkylation sites (tertiary alicyclic amines) is 1. The van der Waals surface area contributed by atoms with Gasteiger partial charge in [-0.15, -0.1) is 0 Å². The van der Waals surface area contributed by atoms with Gasteiger partial charge in [0.1, 0.15) is 24.8 Å². The highest BCUT2D eigenvalue weighted by molar-refractivity contribution is 6.33. The zero-order valence-corrected chi connectivity index (χ0v) is 12.1. The van der Waals surface area contributed by atoms with E-state index in [-0.39, 0.29) is 31.6 Å². The Morgan fingerprint density at radius 3 is 3.00 bits per heavy atom. The van der Waals surface area contributed by atoms with Crippen molar-refractivity contribution < 1.29 is 13.2 Å². The molecule has 1 fully saturated rings. The number of hydrogen-bond donors (Lipinski definition) is 1. The van der Waals surface area contributed by atoms with Gasteiger partial charge in [0.05, 0.1) is 13.1 Å². The third-order valence-corrected chi connectivity index (χ3v) is 4.02. The average molecular weight is 315 g/mol. The van der Waals surface area contributed by atoms with Gasteiger partial charge in [0.2, 0.25) is 5.58 Å². The summed E-state index contributed by atoms with van der Waals surface area (Å²) in [7, 11) is 5.77. The van der Waals surface area contributed by atoms with Gasteiger partial charge in [0.15, 0.2) is 0 Å². The quantitative estimate of drug-likeness (QED) is 0.724. The molecule has 0 spiro atoms. The normalized spacial score (nSPS) is 18.2. The van der Waals surface area contributed by atoms with E-state index < -0.39 is 11.5 Å². The molecule has 2 aromatic heterocycles. The first-order valence-electron chi connectivity index (χ1n) is 7.22. The molecule has 8 heteroatoms. The first-order valence-corrected chi connectivity index (χ1v) is 7.22. The Labute approximate surface area is 130 Å². The van der Waals surface area contributed by atoms with E-state index in [9.17, 15) is 13.6 Å². The van der Waals surface area contributed by atoms with Gasteiger partial charge in [-0.1, -0.05) is 17.6 Å². The molecule has 0 saturated carbocycles. The van der Waals surface area contributed by atoms with E-state index in [2.05, 4.69) is 9.97 Å². The minimum atomic E-state index is -2.68. The first-order chi connectivity index (χ1) is 10.9. The van der Waals surface area contributed by atoms with Crippen LogP contribution in [0, 0.1) is 0 Å². The van der Waals surface area contributed by atoms with Crippen LogP contribution in [0.5, 0.6) is 0 Å². The predicted octanol–water partition coefficient (Wildman–Crippen LogP) is 1.30. The fraction of sp³-hybridized carbons (Fsp3) is 0.333. The minimum absolute atomic E-state index is 0.112. The lowest BCUT2D eigenvalue weighted by atomic mass is 9.95. The summed E-state index contributed by atoms with van der Waals surface area (Å²) in [5.74, 6) is -2.34. The van der Waals surface area contributed by atoms with E-state index in [1.807, 2.05) is 0 Å². The van der Waals surface area contributed by atoms with Gasteiger partial charge < -0.3 is 9.40 Å². The number of furan rings is 1. The van der Waals surface area contributed by atoms with Crippen LogP contribution in [0.1, 0.15) is 12.2 Å². The third kappa shape index (κ3) is 2.52. The Bertz CT molecular complexity index is 966. The van der Waals surface area contributed by atoms with Gasteiger partial charge in [-0.25, -0.2) is 13.8 Å². The van der Waals surface area contributed by atoms with Crippen molar-refractivity contribution >= 4 is 35.4 Å². The van der Waals surface area contributed by atoms with Gasteiger partial charge in [-0.05, 0) is 6.07 Å². The predicted molar refractivity (Wildman–Crippen MR) is 82.4 cm³/mol. The largest absolute Gasteiger partial charge is 0.449 e. The molecule has 5 nitrogen and oxygen atoms in total. The Hall–Kier alpha value is -2.22. The first kappa shape index (κ1) is 14.4. The standard InChI is InChI=1S/C15H12BF2N3O2/c16-8-1-2-10-9(5-8)12-13(23-10)14(22)20-11(19-12)6-21-4-3-15(17,18)7-21/h1-2,5H,3-4,6-7H2,(H,19,20,22). The second-order valence-corrected chi connectivity index (χ2v) is 5.86. The van der Waals surface area contributed by atoms with E-state index in [0.717, 1.165) is 0 Å². The van der Waals surface area contributed by atoms with Gasteiger partial charge in [-0.2, -0.15) is 0 Å². The van der Waals surface area contributed by atoms with Crippen LogP contribution in [0.3, 0.4) is 0 Å². The topological polar surface area (TPSA) is 62.1 Å². The molecular weight excluding hydrogens is 303 g/mol. The molecule has 0 bridgehead atoms. The monoisotopic (exact) mass is 315 g/mol. The number of alkyl halides is 2. The van der Waals surface area contributed by atoms with Crippen molar-refractivity contribution in [1.82, 2.24) is 14.9 Å². The second-order valence-electron chi connectivity index (χ2n) is 5.86. The van der Waals surface area contributed by atoms with Crippen molar-refractivity contribution in [3.8, 4) is 0 Å². The lowest BCUT2D eigenvalue weighted by Gasteiger charge is -2.14. The SMILES string of the molecule is [B]c1ccc2oc3c(=O)[nH]c(CN4CCC(F)(F)C4)nc3c2c1. The number of aromatic nitrogens is 2. The third-order valence-electron chi connectivity index (χ3n) is 4.02. The van der Waals surface area contributed by atoms with E-state index in [1.165, 1.54) is 0 Å². The molecule has 0 unspecified atom stereocenters. The maximum absolute atomic E-state index is 13.3. The Balaban J connectivity index is 1.78. The number of nitrogens with one attached hydrogen (secondary N) is 1. The number of benzene rings is 1. The highest BCUT2D eigenvalue weighted by atomic mass is 19.3. The van der Waals surface area contributed by atoms with Crippen molar-refractivity contribution in [1.29, 1.82) is 0 Å². The van der Waals surface area contributed by atoms with Crippen LogP contribution in [-0.2, 0) is 6.54 Å². The lowest BCUT2D eigenvalue weighted by Crippen LogP contribution is -2.26. The summed E-state index contributed by atoms with van der Waals surface area (Å²) in [6.07, 6.45) is -0.176. The highest BCUT2D eigenvalue weighted by Crippen LogP contribution is 2.28. The van der Waals surface area contributed by atoms with Gasteiger partial charge >= 0.3 is 0 Å². The summed E-state index contributed by atoms with van der Waals surface area (Å²) in [6.45, 7) is 0.109. The zero-order valence-electron chi connectivity index (χ0n) is 12.1. The van der Waals surface area contributed by atoms with Crippen LogP contribution in [0.25, 0.3) is 22.1 Å². The summed E-state index contributed by atoms with van der Waals surface area (Å²) in [4.78, 5) is 20.7. The zero-order chi connectivity index (χ0) is 16.2. The van der Waals surface area contributed by atoms with E-state index >= 15 is 0 Å². The van der Waals surface area contributed by atoms with Crippen LogP contribution in [-0.4, -0.2) is 41.7 Å². The average Bonchev–Trinajstić information content (AvgIpc) is 3.00. The number of hydrogen-bond acceptors (Lipinski definition) is 4. The summed E-state index contributed by atoms with van der Waals surface area (Å²) < 4.78 is 32.0. The van der Waals surface area contributed by atoms with E-state index in [0.29, 0.717) is 27.8 Å². The van der Waals surface area contributed by atoms with Crippen molar-refractivity contribution in [2.45, 2.75) is 18.9 Å². The molecule has 116 valence electrons. The highest BCUT2D eigenvalue weighted by Gasteiger charge is 2.38. The number of halogens is 2. The number of aromatic amines is 1. The van der Waals surface area contributed by atoms with Crippen LogP contribution >= 0.6 is 0 Å². The van der Waals surface area contributed by atoms with Gasteiger partial charge in [0, 0.05) is 18.4 Å². The fourth-order valence-electron chi connectivity index (χ4n) is 2.95. The fourth-order valence-corrected chi connectivity index (χ4v) is 2.95. The van der Waals surface area contributed by atoms with Gasteiger partial charge in [0.25, 0.3) is 11.5 Å². The van der Waals surface area contributed by atoms with Crippen molar-refractivity contribution in [3.05, 3.63) is 34.4 Å². The van der Waals surface area contributed by atoms with Crippen LogP contribution < -0.4 is 11.0 Å². The van der Waals surface area contributed by atoms with Crippen molar-refractivity contribution in [3.63, 3.8) is 0 Å². The summed E-state index contributed by atoms with van der Waals surface area (Å²) in [5.41, 5.74) is 1.13. The molecule has 1 aliphatic heterocycles. The van der Waals surface area contributed by atoms with Crippen LogP contribution in [0.2, 0.25) is 0 Å². The number of fused-ring (bicyclic) bond motifs is 3. The van der Waals surface area contributed by atoms with Crippen LogP contribution in [0.4, 0.5) is 8.78 Å². The Morgan fingerprint density at radius 1 is 1.43 bits per heavy atom. The van der Waals surface area contributed by atoms with E-state index in [1.54, 1.807) is 23.1 Å². The Kier molecular flexibility index (Phi) is 3.06. The molecule has 3 aromatic rings. The Morgan fingerprint density at radius 2 is 2.26 bits per heavy atom. The minimum Gasteiger partial charge on any atom is -0.449 e. The van der Waals surface area contributed by atoms with Gasteiger partial charge in [-0.3, -0.25) is 9.69 Å². The molecule has 1 N–H and O–H groups in total. The molecule has 1 aliphatic rings. The molecule has 2 radical (unpaired) electrons. The molecule has 23 heavy (non-hydrogen) atoms. The van der Waals surface area contributed by atoms with Crippen LogP contribution in [0.15, 0.2) is 27.4 Å². The smallest absolute Gasteiger partial charge is 0.294 e. The molecule has 0 atom stereocenters.